The predicted octanol–water partition coefficient (Wildman–Crippen LogP) is 3.35. The predicted molar refractivity (Wildman–Crippen MR) is 73.5 cm³/mol. The summed E-state index contributed by atoms with van der Waals surface area (Å²) in [5.74, 6) is -0.764. The van der Waals surface area contributed by atoms with E-state index in [0.717, 1.165) is 24.3 Å². The molecule has 0 amide bonds. The van der Waals surface area contributed by atoms with Gasteiger partial charge in [-0.05, 0) is 49.4 Å². The highest BCUT2D eigenvalue weighted by Gasteiger charge is 2.15. The van der Waals surface area contributed by atoms with Crippen molar-refractivity contribution >= 4 is 23.3 Å². The van der Waals surface area contributed by atoms with Crippen molar-refractivity contribution in [2.24, 2.45) is 0 Å². The first kappa shape index (κ1) is 13.2. The van der Waals surface area contributed by atoms with E-state index in [9.17, 15) is 4.79 Å². The van der Waals surface area contributed by atoms with Crippen LogP contribution >= 0.6 is 11.6 Å². The van der Waals surface area contributed by atoms with Gasteiger partial charge < -0.3 is 10.0 Å². The number of halogens is 1. The van der Waals surface area contributed by atoms with Crippen LogP contribution in [0.2, 0.25) is 5.02 Å². The van der Waals surface area contributed by atoms with Crippen molar-refractivity contribution in [2.75, 3.05) is 18.0 Å². The number of aliphatic carboxylic acids is 1. The zero-order valence-electron chi connectivity index (χ0n) is 10.4. The fourth-order valence-electron chi connectivity index (χ4n) is 2.44. The highest BCUT2D eigenvalue weighted by molar-refractivity contribution is 6.30. The Morgan fingerprint density at radius 1 is 1.28 bits per heavy atom. The Labute approximate surface area is 112 Å². The summed E-state index contributed by atoms with van der Waals surface area (Å²) in [6.07, 6.45) is 4.40. The van der Waals surface area contributed by atoms with E-state index in [1.54, 1.807) is 0 Å². The molecule has 4 heteroatoms. The van der Waals surface area contributed by atoms with Crippen LogP contribution < -0.4 is 4.90 Å². The number of hydrogen-bond donors (Lipinski definition) is 1. The van der Waals surface area contributed by atoms with Gasteiger partial charge in [-0.15, -0.1) is 0 Å². The van der Waals surface area contributed by atoms with Gasteiger partial charge in [-0.3, -0.25) is 4.79 Å². The molecular weight excluding hydrogens is 250 g/mol. The average molecular weight is 268 g/mol. The van der Waals surface area contributed by atoms with Gasteiger partial charge in [-0.25, -0.2) is 0 Å². The molecule has 0 saturated carbocycles. The number of nitrogens with zero attached hydrogens (tertiary/aromatic N) is 1. The standard InChI is InChI=1S/C14H18ClNO2/c15-12-5-6-13(16-8-2-1-3-9-16)11(10-12)4-7-14(17)18/h5-6,10H,1-4,7-9H2,(H,17,18). The Morgan fingerprint density at radius 2 is 2.00 bits per heavy atom. The van der Waals surface area contributed by atoms with Gasteiger partial charge in [0, 0.05) is 30.2 Å². The number of carboxylic acids is 1. The molecule has 0 aromatic heterocycles. The van der Waals surface area contributed by atoms with Crippen LogP contribution in [0.3, 0.4) is 0 Å². The van der Waals surface area contributed by atoms with Gasteiger partial charge in [-0.1, -0.05) is 11.6 Å². The lowest BCUT2D eigenvalue weighted by molar-refractivity contribution is -0.136. The maximum absolute atomic E-state index is 10.7. The fraction of sp³-hybridized carbons (Fsp3) is 0.500. The van der Waals surface area contributed by atoms with E-state index >= 15 is 0 Å². The summed E-state index contributed by atoms with van der Waals surface area (Å²) in [6.45, 7) is 2.11. The molecular formula is C14H18ClNO2. The monoisotopic (exact) mass is 267 g/mol. The summed E-state index contributed by atoms with van der Waals surface area (Å²) < 4.78 is 0. The van der Waals surface area contributed by atoms with Crippen LogP contribution in [0, 0.1) is 0 Å². The first-order chi connectivity index (χ1) is 8.66. The molecule has 1 fully saturated rings. The third-order valence-electron chi connectivity index (χ3n) is 3.35. The van der Waals surface area contributed by atoms with Crippen molar-refractivity contribution < 1.29 is 9.90 Å². The van der Waals surface area contributed by atoms with Crippen LogP contribution in [0.15, 0.2) is 18.2 Å². The number of aryl methyl sites for hydroxylation is 1. The van der Waals surface area contributed by atoms with E-state index in [4.69, 9.17) is 16.7 Å². The van der Waals surface area contributed by atoms with Crippen molar-refractivity contribution in [1.29, 1.82) is 0 Å². The molecule has 98 valence electrons. The number of hydrogen-bond acceptors (Lipinski definition) is 2. The van der Waals surface area contributed by atoms with Crippen molar-refractivity contribution in [2.45, 2.75) is 32.1 Å². The van der Waals surface area contributed by atoms with Crippen LogP contribution in [0.5, 0.6) is 0 Å². The van der Waals surface area contributed by atoms with E-state index in [1.165, 1.54) is 19.3 Å². The van der Waals surface area contributed by atoms with Crippen molar-refractivity contribution in [3.05, 3.63) is 28.8 Å². The van der Waals surface area contributed by atoms with Gasteiger partial charge in [0.25, 0.3) is 0 Å². The van der Waals surface area contributed by atoms with E-state index in [1.807, 2.05) is 18.2 Å². The number of carbonyl (C=O) groups is 1. The summed E-state index contributed by atoms with van der Waals surface area (Å²) in [4.78, 5) is 13.0. The molecule has 0 spiro atoms. The topological polar surface area (TPSA) is 40.5 Å². The minimum atomic E-state index is -0.764. The molecule has 1 heterocycles. The van der Waals surface area contributed by atoms with Gasteiger partial charge in [0.05, 0.1) is 0 Å². The molecule has 1 saturated heterocycles. The number of benzene rings is 1. The average Bonchev–Trinajstić information content (AvgIpc) is 2.37. The zero-order chi connectivity index (χ0) is 13.0. The molecule has 3 nitrogen and oxygen atoms in total. The van der Waals surface area contributed by atoms with Crippen LogP contribution in [-0.2, 0) is 11.2 Å². The van der Waals surface area contributed by atoms with E-state index < -0.39 is 5.97 Å². The molecule has 0 unspecified atom stereocenters. The van der Waals surface area contributed by atoms with Crippen LogP contribution in [0.4, 0.5) is 5.69 Å². The number of piperidine rings is 1. The van der Waals surface area contributed by atoms with Gasteiger partial charge in [0.1, 0.15) is 0 Å². The normalized spacial score (nSPS) is 15.7. The van der Waals surface area contributed by atoms with E-state index in [-0.39, 0.29) is 6.42 Å². The minimum Gasteiger partial charge on any atom is -0.481 e. The molecule has 1 aliphatic heterocycles. The second-order valence-electron chi connectivity index (χ2n) is 4.71. The molecule has 0 aliphatic carbocycles. The zero-order valence-corrected chi connectivity index (χ0v) is 11.1. The molecule has 2 rings (SSSR count). The summed E-state index contributed by atoms with van der Waals surface area (Å²) in [6, 6.07) is 5.80. The third-order valence-corrected chi connectivity index (χ3v) is 3.58. The quantitative estimate of drug-likeness (QED) is 0.910. The molecule has 18 heavy (non-hydrogen) atoms. The van der Waals surface area contributed by atoms with Gasteiger partial charge in [0.15, 0.2) is 0 Å². The number of anilines is 1. The summed E-state index contributed by atoms with van der Waals surface area (Å²) in [5.41, 5.74) is 2.20. The van der Waals surface area contributed by atoms with Crippen molar-refractivity contribution in [3.63, 3.8) is 0 Å². The van der Waals surface area contributed by atoms with Crippen LogP contribution in [-0.4, -0.2) is 24.2 Å². The molecule has 1 N–H and O–H groups in total. The molecule has 1 aromatic rings. The third kappa shape index (κ3) is 3.39. The molecule has 1 aliphatic rings. The first-order valence-corrected chi connectivity index (χ1v) is 6.80. The Morgan fingerprint density at radius 3 is 2.67 bits per heavy atom. The SMILES string of the molecule is O=C(O)CCc1cc(Cl)ccc1N1CCCCC1. The maximum Gasteiger partial charge on any atom is 0.303 e. The van der Waals surface area contributed by atoms with Crippen molar-refractivity contribution in [3.8, 4) is 0 Å². The Kier molecular flexibility index (Phi) is 4.48. The van der Waals surface area contributed by atoms with E-state index in [2.05, 4.69) is 4.90 Å². The van der Waals surface area contributed by atoms with Crippen molar-refractivity contribution in [1.82, 2.24) is 0 Å². The largest absolute Gasteiger partial charge is 0.481 e. The summed E-state index contributed by atoms with van der Waals surface area (Å²) in [5, 5.41) is 9.48. The lowest BCUT2D eigenvalue weighted by Gasteiger charge is -2.30. The first-order valence-electron chi connectivity index (χ1n) is 6.42. The minimum absolute atomic E-state index is 0.154. The van der Waals surface area contributed by atoms with E-state index in [0.29, 0.717) is 11.4 Å². The fourth-order valence-corrected chi connectivity index (χ4v) is 2.63. The van der Waals surface area contributed by atoms with Crippen LogP contribution in [0.1, 0.15) is 31.2 Å². The Hall–Kier alpha value is -1.22. The highest BCUT2D eigenvalue weighted by Crippen LogP contribution is 2.28. The van der Waals surface area contributed by atoms with Crippen LogP contribution in [0.25, 0.3) is 0 Å². The molecule has 1 aromatic carbocycles. The second-order valence-corrected chi connectivity index (χ2v) is 5.15. The Bertz CT molecular complexity index is 428. The summed E-state index contributed by atoms with van der Waals surface area (Å²) >= 11 is 6.01. The summed E-state index contributed by atoms with van der Waals surface area (Å²) in [7, 11) is 0. The maximum atomic E-state index is 10.7. The molecule has 0 bridgehead atoms. The molecule has 0 radical (unpaired) electrons. The lowest BCUT2D eigenvalue weighted by Crippen LogP contribution is -2.30. The van der Waals surface area contributed by atoms with Gasteiger partial charge >= 0.3 is 5.97 Å². The lowest BCUT2D eigenvalue weighted by atomic mass is 10.0. The molecule has 0 atom stereocenters. The highest BCUT2D eigenvalue weighted by atomic mass is 35.5. The smallest absolute Gasteiger partial charge is 0.303 e. The van der Waals surface area contributed by atoms with Gasteiger partial charge in [-0.2, -0.15) is 0 Å². The van der Waals surface area contributed by atoms with Gasteiger partial charge in [0.2, 0.25) is 0 Å². The Balaban J connectivity index is 2.18. The number of carboxylic acid groups (broad SMARTS) is 1. The number of rotatable bonds is 4. The second kappa shape index (κ2) is 6.10.